The average molecular weight is 666 g/mol. The van der Waals surface area contributed by atoms with Crippen LogP contribution in [0.4, 0.5) is 0 Å². The van der Waals surface area contributed by atoms with Gasteiger partial charge < -0.3 is 4.90 Å². The molecule has 1 saturated carbocycles. The van der Waals surface area contributed by atoms with Crippen molar-refractivity contribution >= 4 is 5.78 Å². The second-order valence-electron chi connectivity index (χ2n) is 15.4. The molecular formula is C46H83NO. The van der Waals surface area contributed by atoms with Gasteiger partial charge in [-0.2, -0.15) is 0 Å². The van der Waals surface area contributed by atoms with Crippen LogP contribution in [-0.2, 0) is 4.79 Å². The standard InChI is InChI=1S/C46H83NO/c1-5-7-9-11-13-15-17-19-21-23-25-27-29-31-33-35-37-43(42-46(48)44-38-40-45(41-39-44)47(3)4)36-34-32-30-28-26-24-22-20-18-16-14-12-10-8-6-2/h12-15,18-21,43-45H,5-11,16-17,22-42H2,1-4H3/b14-12-,15-13-,20-18-,21-19-. The summed E-state index contributed by atoms with van der Waals surface area (Å²) >= 11 is 0. The Kier molecular flexibility index (Phi) is 31.7. The topological polar surface area (TPSA) is 20.3 Å². The highest BCUT2D eigenvalue weighted by Gasteiger charge is 2.28. The second kappa shape index (κ2) is 34.1. The molecule has 0 aliphatic heterocycles. The zero-order chi connectivity index (χ0) is 34.8. The van der Waals surface area contributed by atoms with Crippen molar-refractivity contribution in [1.29, 1.82) is 0 Å². The van der Waals surface area contributed by atoms with Crippen molar-refractivity contribution < 1.29 is 4.79 Å². The Morgan fingerprint density at radius 2 is 0.917 bits per heavy atom. The molecule has 0 aromatic rings. The van der Waals surface area contributed by atoms with E-state index in [2.05, 4.69) is 81.5 Å². The van der Waals surface area contributed by atoms with Gasteiger partial charge in [0.1, 0.15) is 5.78 Å². The monoisotopic (exact) mass is 666 g/mol. The fraction of sp³-hybridized carbons (Fsp3) is 0.804. The summed E-state index contributed by atoms with van der Waals surface area (Å²) in [5.41, 5.74) is 0. The van der Waals surface area contributed by atoms with Gasteiger partial charge in [0.25, 0.3) is 0 Å². The second-order valence-corrected chi connectivity index (χ2v) is 15.4. The largest absolute Gasteiger partial charge is 0.306 e. The molecule has 0 spiro atoms. The number of ketones is 1. The first kappa shape index (κ1) is 44.6. The van der Waals surface area contributed by atoms with E-state index < -0.39 is 0 Å². The van der Waals surface area contributed by atoms with Gasteiger partial charge in [0.15, 0.2) is 0 Å². The molecule has 0 amide bonds. The lowest BCUT2D eigenvalue weighted by atomic mass is 9.79. The summed E-state index contributed by atoms with van der Waals surface area (Å²) in [6, 6.07) is 0.677. The van der Waals surface area contributed by atoms with Crippen LogP contribution in [0.15, 0.2) is 48.6 Å². The van der Waals surface area contributed by atoms with Crippen LogP contribution in [0.5, 0.6) is 0 Å². The van der Waals surface area contributed by atoms with Gasteiger partial charge in [0.2, 0.25) is 0 Å². The summed E-state index contributed by atoms with van der Waals surface area (Å²) in [5, 5.41) is 0. The van der Waals surface area contributed by atoms with Crippen molar-refractivity contribution in [2.24, 2.45) is 11.8 Å². The van der Waals surface area contributed by atoms with Crippen LogP contribution in [0.1, 0.15) is 206 Å². The predicted molar refractivity (Wildman–Crippen MR) is 216 cm³/mol. The molecule has 0 heterocycles. The highest BCUT2D eigenvalue weighted by atomic mass is 16.1. The molecule has 48 heavy (non-hydrogen) atoms. The van der Waals surface area contributed by atoms with Crippen LogP contribution in [0, 0.1) is 11.8 Å². The fourth-order valence-electron chi connectivity index (χ4n) is 7.37. The number of allylic oxidation sites excluding steroid dienone is 8. The molecular weight excluding hydrogens is 583 g/mol. The van der Waals surface area contributed by atoms with Crippen molar-refractivity contribution in [2.45, 2.75) is 213 Å². The van der Waals surface area contributed by atoms with Crippen LogP contribution >= 0.6 is 0 Å². The first-order valence-electron chi connectivity index (χ1n) is 21.4. The van der Waals surface area contributed by atoms with Gasteiger partial charge in [-0.25, -0.2) is 0 Å². The summed E-state index contributed by atoms with van der Waals surface area (Å²) < 4.78 is 0. The van der Waals surface area contributed by atoms with E-state index in [0.717, 1.165) is 32.1 Å². The Hall–Kier alpha value is -1.41. The van der Waals surface area contributed by atoms with Crippen LogP contribution in [0.3, 0.4) is 0 Å². The van der Waals surface area contributed by atoms with Crippen LogP contribution < -0.4 is 0 Å². The number of rotatable bonds is 33. The summed E-state index contributed by atoms with van der Waals surface area (Å²) in [6.45, 7) is 4.53. The first-order valence-corrected chi connectivity index (χ1v) is 21.4. The third-order valence-corrected chi connectivity index (χ3v) is 10.7. The summed E-state index contributed by atoms with van der Waals surface area (Å²) in [7, 11) is 4.39. The molecule has 0 bridgehead atoms. The highest BCUT2D eigenvalue weighted by molar-refractivity contribution is 5.81. The van der Waals surface area contributed by atoms with Gasteiger partial charge in [-0.05, 0) is 103 Å². The average Bonchev–Trinajstić information content (AvgIpc) is 3.09. The van der Waals surface area contributed by atoms with Crippen molar-refractivity contribution in [1.82, 2.24) is 4.90 Å². The zero-order valence-electron chi connectivity index (χ0n) is 32.9. The van der Waals surface area contributed by atoms with Crippen molar-refractivity contribution in [3.05, 3.63) is 48.6 Å². The lowest BCUT2D eigenvalue weighted by molar-refractivity contribution is -0.125. The molecule has 1 rings (SSSR count). The van der Waals surface area contributed by atoms with E-state index in [1.807, 2.05) is 0 Å². The number of nitrogens with zero attached hydrogens (tertiary/aromatic N) is 1. The molecule has 0 aromatic heterocycles. The van der Waals surface area contributed by atoms with Crippen LogP contribution in [-0.4, -0.2) is 30.8 Å². The minimum Gasteiger partial charge on any atom is -0.306 e. The molecule has 0 aromatic carbocycles. The Balaban J connectivity index is 2.24. The highest BCUT2D eigenvalue weighted by Crippen LogP contribution is 2.31. The summed E-state index contributed by atoms with van der Waals surface area (Å²) in [4.78, 5) is 15.7. The molecule has 0 N–H and O–H groups in total. The van der Waals surface area contributed by atoms with E-state index in [1.165, 1.54) is 161 Å². The molecule has 1 aliphatic carbocycles. The first-order chi connectivity index (χ1) is 23.6. The van der Waals surface area contributed by atoms with Crippen LogP contribution in [0.25, 0.3) is 0 Å². The molecule has 2 nitrogen and oxygen atoms in total. The number of hydrogen-bond acceptors (Lipinski definition) is 2. The minimum atomic E-state index is 0.339. The summed E-state index contributed by atoms with van der Waals surface area (Å²) in [5.74, 6) is 1.56. The SMILES string of the molecule is CCCC/C=C\C/C=C\CCCCCCCCC(CCCCCCCC/C=C\C/C=C\CCCCC)CC(=O)C1CCC(N(C)C)CC1. The molecule has 1 atom stereocenters. The Bertz CT molecular complexity index is 812. The number of carbonyl (C=O) groups is 1. The van der Waals surface area contributed by atoms with E-state index in [9.17, 15) is 4.79 Å². The molecule has 1 fully saturated rings. The van der Waals surface area contributed by atoms with E-state index in [1.54, 1.807) is 0 Å². The number of Topliss-reactive ketones (excluding diaryl/α,β-unsaturated/α-hetero) is 1. The van der Waals surface area contributed by atoms with Crippen LogP contribution in [0.2, 0.25) is 0 Å². The van der Waals surface area contributed by atoms with Gasteiger partial charge in [-0.3, -0.25) is 4.79 Å². The Labute approximate surface area is 301 Å². The smallest absolute Gasteiger partial charge is 0.136 e. The molecule has 278 valence electrons. The van der Waals surface area contributed by atoms with Crippen molar-refractivity contribution in [3.8, 4) is 0 Å². The quantitative estimate of drug-likeness (QED) is 0.0513. The molecule has 2 heteroatoms. The van der Waals surface area contributed by atoms with Gasteiger partial charge in [0.05, 0.1) is 0 Å². The van der Waals surface area contributed by atoms with E-state index in [-0.39, 0.29) is 0 Å². The lowest BCUT2D eigenvalue weighted by Gasteiger charge is -2.32. The molecule has 1 unspecified atom stereocenters. The van der Waals surface area contributed by atoms with Gasteiger partial charge >= 0.3 is 0 Å². The zero-order valence-corrected chi connectivity index (χ0v) is 32.9. The van der Waals surface area contributed by atoms with Gasteiger partial charge in [-0.1, -0.05) is 165 Å². The minimum absolute atomic E-state index is 0.339. The Morgan fingerprint density at radius 1 is 0.521 bits per heavy atom. The number of hydrogen-bond donors (Lipinski definition) is 0. The van der Waals surface area contributed by atoms with Gasteiger partial charge in [-0.15, -0.1) is 0 Å². The predicted octanol–water partition coefficient (Wildman–Crippen LogP) is 14.7. The van der Waals surface area contributed by atoms with E-state index in [0.29, 0.717) is 23.7 Å². The molecule has 0 radical (unpaired) electrons. The molecule has 1 aliphatic rings. The maximum absolute atomic E-state index is 13.4. The lowest BCUT2D eigenvalue weighted by Crippen LogP contribution is -2.34. The van der Waals surface area contributed by atoms with Crippen molar-refractivity contribution in [3.63, 3.8) is 0 Å². The van der Waals surface area contributed by atoms with Crippen molar-refractivity contribution in [2.75, 3.05) is 14.1 Å². The summed E-state index contributed by atoms with van der Waals surface area (Å²) in [6.07, 6.45) is 56.8. The molecule has 0 saturated heterocycles. The normalized spacial score (nSPS) is 18.0. The maximum Gasteiger partial charge on any atom is 0.136 e. The number of unbranched alkanes of at least 4 members (excludes halogenated alkanes) is 17. The van der Waals surface area contributed by atoms with E-state index >= 15 is 0 Å². The Morgan fingerprint density at radius 3 is 1.35 bits per heavy atom. The number of carbonyl (C=O) groups excluding carboxylic acids is 1. The fourth-order valence-corrected chi connectivity index (χ4v) is 7.37. The third kappa shape index (κ3) is 27.4. The van der Waals surface area contributed by atoms with Gasteiger partial charge in [0, 0.05) is 18.4 Å². The van der Waals surface area contributed by atoms with E-state index in [4.69, 9.17) is 0 Å². The maximum atomic E-state index is 13.4. The third-order valence-electron chi connectivity index (χ3n) is 10.7.